The molecule has 0 aromatic heterocycles. The first kappa shape index (κ1) is 16.7. The molecule has 22 heavy (non-hydrogen) atoms. The molecule has 0 atom stereocenters. The van der Waals surface area contributed by atoms with Gasteiger partial charge in [0, 0.05) is 10.8 Å². The number of hydrogen-bond donors (Lipinski definition) is 1. The Kier molecular flexibility index (Phi) is 6.16. The number of anilines is 1. The molecule has 1 N–H and O–H groups in total. The van der Waals surface area contributed by atoms with Crippen molar-refractivity contribution in [2.45, 2.75) is 12.7 Å². The molecule has 0 saturated carbocycles. The van der Waals surface area contributed by atoms with Crippen LogP contribution in [-0.2, 0) is 10.5 Å². The number of hydrogen-bond acceptors (Lipinski definition) is 3. The fourth-order valence-electron chi connectivity index (χ4n) is 1.97. The zero-order valence-corrected chi connectivity index (χ0v) is 14.1. The van der Waals surface area contributed by atoms with Crippen LogP contribution in [0.5, 0.6) is 5.75 Å². The van der Waals surface area contributed by atoms with Crippen LogP contribution in [0.15, 0.2) is 42.5 Å². The summed E-state index contributed by atoms with van der Waals surface area (Å²) in [7, 11) is 1.59. The number of nitrogens with one attached hydrogen (secondary N) is 1. The van der Waals surface area contributed by atoms with Gasteiger partial charge in [-0.1, -0.05) is 35.9 Å². The van der Waals surface area contributed by atoms with Gasteiger partial charge in [0.15, 0.2) is 0 Å². The minimum atomic E-state index is -0.0547. The fourth-order valence-corrected chi connectivity index (χ4v) is 3.09. The first-order valence-corrected chi connectivity index (χ1v) is 8.39. The summed E-state index contributed by atoms with van der Waals surface area (Å²) in [4.78, 5) is 12.0. The standard InChI is InChI=1S/C17H18ClNO2S/c1-12-7-8-16(21-2)15(9-12)19-17(20)11-22-10-13-5-3-4-6-14(13)18/h3-9H,10-11H2,1-2H3,(H,19,20). The van der Waals surface area contributed by atoms with Crippen LogP contribution < -0.4 is 10.1 Å². The van der Waals surface area contributed by atoms with Gasteiger partial charge in [-0.2, -0.15) is 0 Å². The van der Waals surface area contributed by atoms with Gasteiger partial charge < -0.3 is 10.1 Å². The minimum absolute atomic E-state index is 0.0547. The van der Waals surface area contributed by atoms with E-state index in [1.165, 1.54) is 11.8 Å². The number of carbonyl (C=O) groups excluding carboxylic acids is 1. The Bertz CT molecular complexity index is 661. The molecular formula is C17H18ClNO2S. The topological polar surface area (TPSA) is 38.3 Å². The third-order valence-electron chi connectivity index (χ3n) is 3.08. The first-order chi connectivity index (χ1) is 10.6. The molecule has 0 heterocycles. The number of rotatable bonds is 6. The van der Waals surface area contributed by atoms with Crippen molar-refractivity contribution in [2.75, 3.05) is 18.2 Å². The average molecular weight is 336 g/mol. The van der Waals surface area contributed by atoms with Gasteiger partial charge in [-0.3, -0.25) is 4.79 Å². The molecule has 2 rings (SSSR count). The van der Waals surface area contributed by atoms with Crippen LogP contribution in [0, 0.1) is 6.92 Å². The molecule has 2 aromatic rings. The Morgan fingerprint density at radius 3 is 2.77 bits per heavy atom. The summed E-state index contributed by atoms with van der Waals surface area (Å²) in [5.74, 6) is 1.68. The largest absolute Gasteiger partial charge is 0.495 e. The van der Waals surface area contributed by atoms with Gasteiger partial charge in [0.2, 0.25) is 5.91 Å². The lowest BCUT2D eigenvalue weighted by molar-refractivity contribution is -0.113. The van der Waals surface area contributed by atoms with Gasteiger partial charge in [0.1, 0.15) is 5.75 Å². The quantitative estimate of drug-likeness (QED) is 0.843. The van der Waals surface area contributed by atoms with E-state index in [0.717, 1.165) is 16.1 Å². The summed E-state index contributed by atoms with van der Waals surface area (Å²) >= 11 is 7.62. The molecule has 1 amide bonds. The maximum Gasteiger partial charge on any atom is 0.234 e. The molecule has 5 heteroatoms. The Hall–Kier alpha value is -1.65. The maximum atomic E-state index is 12.0. The second-order valence-corrected chi connectivity index (χ2v) is 6.23. The van der Waals surface area contributed by atoms with E-state index < -0.39 is 0 Å². The van der Waals surface area contributed by atoms with Crippen LogP contribution >= 0.6 is 23.4 Å². The zero-order valence-electron chi connectivity index (χ0n) is 12.6. The first-order valence-electron chi connectivity index (χ1n) is 6.86. The highest BCUT2D eigenvalue weighted by atomic mass is 35.5. The molecule has 0 bridgehead atoms. The van der Waals surface area contributed by atoms with Crippen LogP contribution in [0.3, 0.4) is 0 Å². The number of carbonyl (C=O) groups is 1. The number of ether oxygens (including phenoxy) is 1. The smallest absolute Gasteiger partial charge is 0.234 e. The summed E-state index contributed by atoms with van der Waals surface area (Å²) in [5.41, 5.74) is 2.81. The molecule has 0 aliphatic carbocycles. The van der Waals surface area contributed by atoms with Crippen molar-refractivity contribution in [3.8, 4) is 5.75 Å². The van der Waals surface area contributed by atoms with Crippen molar-refractivity contribution in [1.82, 2.24) is 0 Å². The lowest BCUT2D eigenvalue weighted by atomic mass is 10.2. The molecule has 0 radical (unpaired) electrons. The van der Waals surface area contributed by atoms with Gasteiger partial charge >= 0.3 is 0 Å². The molecule has 0 saturated heterocycles. The second kappa shape index (κ2) is 8.11. The Morgan fingerprint density at radius 2 is 2.05 bits per heavy atom. The molecule has 0 unspecified atom stereocenters. The predicted octanol–water partition coefficient (Wildman–Crippen LogP) is 4.53. The highest BCUT2D eigenvalue weighted by Gasteiger charge is 2.08. The van der Waals surface area contributed by atoms with Gasteiger partial charge in [-0.15, -0.1) is 11.8 Å². The highest BCUT2D eigenvalue weighted by molar-refractivity contribution is 7.99. The third kappa shape index (κ3) is 4.68. The van der Waals surface area contributed by atoms with Crippen molar-refractivity contribution < 1.29 is 9.53 Å². The highest BCUT2D eigenvalue weighted by Crippen LogP contribution is 2.26. The Balaban J connectivity index is 1.88. The Morgan fingerprint density at radius 1 is 1.27 bits per heavy atom. The number of amides is 1. The number of halogens is 1. The van der Waals surface area contributed by atoms with Gasteiger partial charge in [0.25, 0.3) is 0 Å². The fraction of sp³-hybridized carbons (Fsp3) is 0.235. The lowest BCUT2D eigenvalue weighted by Gasteiger charge is -2.11. The van der Waals surface area contributed by atoms with Gasteiger partial charge in [-0.05, 0) is 36.2 Å². The second-order valence-electron chi connectivity index (χ2n) is 4.84. The normalized spacial score (nSPS) is 10.3. The lowest BCUT2D eigenvalue weighted by Crippen LogP contribution is -2.15. The van der Waals surface area contributed by atoms with Crippen LogP contribution in [-0.4, -0.2) is 18.8 Å². The van der Waals surface area contributed by atoms with Crippen molar-refractivity contribution in [1.29, 1.82) is 0 Å². The van der Waals surface area contributed by atoms with E-state index in [0.29, 0.717) is 22.9 Å². The van der Waals surface area contributed by atoms with Crippen molar-refractivity contribution >= 4 is 35.0 Å². The Labute approximate surface area is 140 Å². The molecular weight excluding hydrogens is 318 g/mol. The third-order valence-corrected chi connectivity index (χ3v) is 4.43. The summed E-state index contributed by atoms with van der Waals surface area (Å²) in [6, 6.07) is 13.4. The van der Waals surface area contributed by atoms with E-state index in [-0.39, 0.29) is 5.91 Å². The van der Waals surface area contributed by atoms with Crippen molar-refractivity contribution in [3.63, 3.8) is 0 Å². The molecule has 116 valence electrons. The van der Waals surface area contributed by atoms with Crippen LogP contribution in [0.2, 0.25) is 5.02 Å². The minimum Gasteiger partial charge on any atom is -0.495 e. The average Bonchev–Trinajstić information content (AvgIpc) is 2.49. The van der Waals surface area contributed by atoms with Crippen LogP contribution in [0.1, 0.15) is 11.1 Å². The zero-order chi connectivity index (χ0) is 15.9. The molecule has 0 fully saturated rings. The van der Waals surface area contributed by atoms with Crippen LogP contribution in [0.25, 0.3) is 0 Å². The summed E-state index contributed by atoms with van der Waals surface area (Å²) in [5, 5.41) is 3.62. The number of aryl methyl sites for hydroxylation is 1. The van der Waals surface area contributed by atoms with E-state index in [9.17, 15) is 4.79 Å². The van der Waals surface area contributed by atoms with Crippen LogP contribution in [0.4, 0.5) is 5.69 Å². The predicted molar refractivity (Wildman–Crippen MR) is 94.0 cm³/mol. The molecule has 2 aromatic carbocycles. The monoisotopic (exact) mass is 335 g/mol. The number of thioether (sulfide) groups is 1. The van der Waals surface area contributed by atoms with E-state index in [2.05, 4.69) is 5.32 Å². The van der Waals surface area contributed by atoms with E-state index >= 15 is 0 Å². The molecule has 0 spiro atoms. The molecule has 3 nitrogen and oxygen atoms in total. The van der Waals surface area contributed by atoms with Crippen molar-refractivity contribution in [3.05, 3.63) is 58.6 Å². The maximum absolute atomic E-state index is 12.0. The molecule has 0 aliphatic heterocycles. The number of benzene rings is 2. The van der Waals surface area contributed by atoms with Gasteiger partial charge in [0.05, 0.1) is 18.6 Å². The number of methoxy groups -OCH3 is 1. The SMILES string of the molecule is COc1ccc(C)cc1NC(=O)CSCc1ccccc1Cl. The van der Waals surface area contributed by atoms with E-state index in [1.54, 1.807) is 7.11 Å². The van der Waals surface area contributed by atoms with Crippen molar-refractivity contribution in [2.24, 2.45) is 0 Å². The van der Waals surface area contributed by atoms with E-state index in [1.807, 2.05) is 49.4 Å². The summed E-state index contributed by atoms with van der Waals surface area (Å²) in [6.45, 7) is 1.97. The summed E-state index contributed by atoms with van der Waals surface area (Å²) in [6.07, 6.45) is 0. The van der Waals surface area contributed by atoms with Gasteiger partial charge in [-0.25, -0.2) is 0 Å². The summed E-state index contributed by atoms with van der Waals surface area (Å²) < 4.78 is 5.25. The van der Waals surface area contributed by atoms with E-state index in [4.69, 9.17) is 16.3 Å². The molecule has 0 aliphatic rings.